The predicted molar refractivity (Wildman–Crippen MR) is 150 cm³/mol. The molecule has 6 aromatic rings. The molecule has 0 aliphatic carbocycles. The molecule has 0 radical (unpaired) electrons. The number of hydrogen-bond acceptors (Lipinski definition) is 8. The third kappa shape index (κ3) is 8.01. The van der Waals surface area contributed by atoms with E-state index in [0.29, 0.717) is 28.7 Å². The van der Waals surface area contributed by atoms with Gasteiger partial charge >= 0.3 is 11.5 Å². The monoisotopic (exact) mass is 631 g/mol. The molecule has 2 aromatic heterocycles. The lowest BCUT2D eigenvalue weighted by atomic mass is 10.0. The third-order valence-electron chi connectivity index (χ3n) is 6.32. The van der Waals surface area contributed by atoms with E-state index in [9.17, 15) is 13.0 Å². The molecule has 0 amide bonds. The van der Waals surface area contributed by atoms with Crippen molar-refractivity contribution in [1.82, 2.24) is 4.98 Å². The van der Waals surface area contributed by atoms with E-state index in [-0.39, 0.29) is 4.90 Å². The fourth-order valence-electron chi connectivity index (χ4n) is 4.30. The summed E-state index contributed by atoms with van der Waals surface area (Å²) >= 11 is 0. The Hall–Kier alpha value is -4.72. The molecule has 0 fully saturated rings. The fraction of sp³-hybridized carbons (Fsp3) is 0. The molecular weight excluding hydrogens is 610 g/mol. The van der Waals surface area contributed by atoms with Crippen LogP contribution in [0.25, 0.3) is 56.6 Å². The van der Waals surface area contributed by atoms with Crippen LogP contribution in [0, 0.1) is 10.2 Å². The van der Waals surface area contributed by atoms with Gasteiger partial charge in [0.15, 0.2) is 5.76 Å². The number of hydrogen-bond donors (Lipinski definition) is 1. The largest absolute Gasteiger partial charge is 0.436 e. The summed E-state index contributed by atoms with van der Waals surface area (Å²) in [5, 5.41) is 0. The normalized spacial score (nSPS) is 11.5. The molecule has 4 aromatic carbocycles. The first kappa shape index (κ1) is 30.7. The van der Waals surface area contributed by atoms with Crippen molar-refractivity contribution in [2.24, 2.45) is 0 Å². The molecule has 0 aliphatic rings. The van der Waals surface area contributed by atoms with Crippen molar-refractivity contribution >= 4 is 10.1 Å². The fourth-order valence-corrected chi connectivity index (χ4v) is 4.78. The Morgan fingerprint density at radius 2 is 1.07 bits per heavy atom. The van der Waals surface area contributed by atoms with Crippen LogP contribution >= 0.6 is 0 Å². The molecule has 0 saturated heterocycles. The number of nitrogens with zero attached hydrogens (tertiary/aromatic N) is 1. The van der Waals surface area contributed by atoms with Crippen molar-refractivity contribution in [1.29, 1.82) is 0 Å². The minimum atomic E-state index is -4.94. The van der Waals surface area contributed by atoms with Crippen LogP contribution in [-0.2, 0) is 10.1 Å². The van der Waals surface area contributed by atoms with Gasteiger partial charge in [0, 0.05) is 16.7 Å². The maximum atomic E-state index is 11.5. The van der Waals surface area contributed by atoms with Gasteiger partial charge in [0.25, 0.3) is 10.1 Å². The molecule has 10 nitrogen and oxygen atoms in total. The molecule has 222 valence electrons. The SMILES string of the molecule is O=S(=O)(O)c1ccc(-c2cc(-c3ccccc3)cc(-c3ccc(-c4cnc(-c5ccccc5)o4)cc3)[o+]2)cc1.[O-][Cl+3]([O-])([O-])[O-]. The van der Waals surface area contributed by atoms with Gasteiger partial charge in [-0.2, -0.15) is 8.42 Å². The summed E-state index contributed by atoms with van der Waals surface area (Å²) in [5.41, 5.74) is 5.28. The topological polar surface area (TPSA) is 184 Å². The lowest BCUT2D eigenvalue weighted by Crippen LogP contribution is -2.68. The molecule has 0 aliphatic heterocycles. The van der Waals surface area contributed by atoms with Gasteiger partial charge in [0.05, 0.1) is 34.4 Å². The summed E-state index contributed by atoms with van der Waals surface area (Å²) < 4.78 is 78.6. The third-order valence-corrected chi connectivity index (χ3v) is 7.19. The van der Waals surface area contributed by atoms with Gasteiger partial charge in [0.1, 0.15) is 0 Å². The van der Waals surface area contributed by atoms with Crippen molar-refractivity contribution in [3.8, 4) is 56.6 Å². The first-order valence-corrected chi connectivity index (χ1v) is 15.5. The summed E-state index contributed by atoms with van der Waals surface area (Å²) in [7, 11) is -9.23. The van der Waals surface area contributed by atoms with Crippen LogP contribution in [0.4, 0.5) is 0 Å². The van der Waals surface area contributed by atoms with Crippen LogP contribution < -0.4 is 18.6 Å². The molecule has 0 bridgehead atoms. The summed E-state index contributed by atoms with van der Waals surface area (Å²) in [6.07, 6.45) is 1.71. The highest BCUT2D eigenvalue weighted by Crippen LogP contribution is 2.34. The van der Waals surface area contributed by atoms with E-state index in [4.69, 9.17) is 27.5 Å². The van der Waals surface area contributed by atoms with Crippen molar-refractivity contribution in [2.75, 3.05) is 0 Å². The van der Waals surface area contributed by atoms with E-state index in [1.54, 1.807) is 18.3 Å². The minimum Gasteiger partial charge on any atom is -0.436 e. The lowest BCUT2D eigenvalue weighted by molar-refractivity contribution is -2.00. The second-order valence-corrected chi connectivity index (χ2v) is 11.5. The highest BCUT2D eigenvalue weighted by molar-refractivity contribution is 7.85. The van der Waals surface area contributed by atoms with Crippen LogP contribution in [0.1, 0.15) is 0 Å². The maximum Gasteiger partial charge on any atom is 0.361 e. The molecule has 1 N–H and O–H groups in total. The molecule has 2 heterocycles. The lowest BCUT2D eigenvalue weighted by Gasteiger charge is -2.17. The zero-order valence-corrected chi connectivity index (χ0v) is 24.1. The van der Waals surface area contributed by atoms with Crippen molar-refractivity contribution in [3.05, 3.63) is 128 Å². The Kier molecular flexibility index (Phi) is 8.99. The highest BCUT2D eigenvalue weighted by Gasteiger charge is 2.22. The Bertz CT molecular complexity index is 1950. The molecule has 0 spiro atoms. The van der Waals surface area contributed by atoms with E-state index < -0.39 is 20.4 Å². The van der Waals surface area contributed by atoms with E-state index >= 15 is 0 Å². The Balaban J connectivity index is 0.000000712. The minimum absolute atomic E-state index is 0.177. The van der Waals surface area contributed by atoms with Crippen LogP contribution in [0.3, 0.4) is 0 Å². The summed E-state index contributed by atoms with van der Waals surface area (Å²) in [4.78, 5) is 4.24. The van der Waals surface area contributed by atoms with Crippen LogP contribution in [0.2, 0.25) is 0 Å². The number of aromatic nitrogens is 1. The van der Waals surface area contributed by atoms with Gasteiger partial charge in [-0.25, -0.2) is 28.0 Å². The molecule has 0 atom stereocenters. The van der Waals surface area contributed by atoms with Gasteiger partial charge in [-0.3, -0.25) is 4.55 Å². The average molecular weight is 632 g/mol. The number of oxazole rings is 1. The zero-order valence-electron chi connectivity index (χ0n) is 22.6. The van der Waals surface area contributed by atoms with Crippen molar-refractivity contribution in [3.63, 3.8) is 0 Å². The average Bonchev–Trinajstić information content (AvgIpc) is 3.51. The van der Waals surface area contributed by atoms with Crippen LogP contribution in [0.5, 0.6) is 0 Å². The van der Waals surface area contributed by atoms with Gasteiger partial charge in [-0.1, -0.05) is 60.7 Å². The maximum absolute atomic E-state index is 11.5. The molecule has 0 unspecified atom stereocenters. The molecule has 44 heavy (non-hydrogen) atoms. The summed E-state index contributed by atoms with van der Waals surface area (Å²) in [6, 6.07) is 37.3. The Labute approximate surface area is 254 Å². The second kappa shape index (κ2) is 12.9. The first-order valence-electron chi connectivity index (χ1n) is 12.8. The number of halogens is 1. The van der Waals surface area contributed by atoms with Gasteiger partial charge < -0.3 is 4.42 Å². The van der Waals surface area contributed by atoms with Crippen molar-refractivity contribution < 1.29 is 50.7 Å². The van der Waals surface area contributed by atoms with Gasteiger partial charge in [-0.15, -0.1) is 10.2 Å². The highest BCUT2D eigenvalue weighted by atomic mass is 35.7. The van der Waals surface area contributed by atoms with E-state index in [2.05, 4.69) is 4.98 Å². The number of benzene rings is 4. The molecular formula is C32H22ClNO9S. The predicted octanol–water partition coefficient (Wildman–Crippen LogP) is 3.37. The first-order chi connectivity index (χ1) is 20.9. The standard InChI is InChI=1S/C32H21NO5S.ClHO4/c34-39(35,36)28-17-15-24(16-18-28)30-20-27(22-7-3-1-4-8-22)19-29(37-30)23-11-13-25(14-12-23)31-21-33-32(38-31)26-9-5-2-6-10-26;2-1(3,4)5/h1-21H;(H,2,3,4,5). The zero-order chi connectivity index (χ0) is 31.3. The van der Waals surface area contributed by atoms with Crippen LogP contribution in [-0.4, -0.2) is 18.0 Å². The molecule has 0 saturated carbocycles. The molecule has 6 rings (SSSR count). The molecule has 12 heteroatoms. The second-order valence-electron chi connectivity index (χ2n) is 9.29. The summed E-state index contributed by atoms with van der Waals surface area (Å²) in [5.74, 6) is 2.42. The smallest absolute Gasteiger partial charge is 0.361 e. The van der Waals surface area contributed by atoms with Crippen molar-refractivity contribution in [2.45, 2.75) is 4.90 Å². The van der Waals surface area contributed by atoms with E-state index in [1.165, 1.54) is 12.1 Å². The van der Waals surface area contributed by atoms with E-state index in [1.807, 2.05) is 97.1 Å². The Morgan fingerprint density at radius 1 is 0.614 bits per heavy atom. The quantitative estimate of drug-likeness (QED) is 0.211. The van der Waals surface area contributed by atoms with Gasteiger partial charge in [-0.05, 0) is 54.1 Å². The van der Waals surface area contributed by atoms with E-state index in [0.717, 1.165) is 27.8 Å². The van der Waals surface area contributed by atoms with Crippen LogP contribution in [0.15, 0.2) is 141 Å². The Morgan fingerprint density at radius 3 is 1.57 bits per heavy atom. The summed E-state index contributed by atoms with van der Waals surface area (Å²) in [6.45, 7) is 0. The van der Waals surface area contributed by atoms with Gasteiger partial charge in [0.2, 0.25) is 5.89 Å². The number of rotatable bonds is 6.